The van der Waals surface area contributed by atoms with Crippen LogP contribution in [-0.2, 0) is 0 Å². The van der Waals surface area contributed by atoms with E-state index in [-0.39, 0.29) is 11.3 Å². The topological polar surface area (TPSA) is 89.0 Å². The van der Waals surface area contributed by atoms with Crippen molar-refractivity contribution >= 4 is 39.6 Å². The zero-order valence-corrected chi connectivity index (χ0v) is 18.8. The fraction of sp³-hybridized carbons (Fsp3) is 0.0870. The number of benzene rings is 3. The summed E-state index contributed by atoms with van der Waals surface area (Å²) in [5.74, 6) is -0.518. The molecule has 0 aliphatic carbocycles. The summed E-state index contributed by atoms with van der Waals surface area (Å²) in [6.07, 6.45) is 1.32. The van der Waals surface area contributed by atoms with Gasteiger partial charge in [-0.25, -0.2) is 9.82 Å². The molecule has 0 bridgehead atoms. The predicted molar refractivity (Wildman–Crippen MR) is 123 cm³/mol. The van der Waals surface area contributed by atoms with Gasteiger partial charge < -0.3 is 14.8 Å². The van der Waals surface area contributed by atoms with Crippen molar-refractivity contribution in [3.8, 4) is 11.5 Å². The second-order valence-electron chi connectivity index (χ2n) is 6.50. The third-order valence-corrected chi connectivity index (χ3v) is 4.81. The van der Waals surface area contributed by atoms with E-state index < -0.39 is 17.6 Å². The molecule has 0 aromatic heterocycles. The van der Waals surface area contributed by atoms with E-state index in [0.29, 0.717) is 27.1 Å². The largest absolute Gasteiger partial charge is 0.497 e. The van der Waals surface area contributed by atoms with E-state index in [0.717, 1.165) is 0 Å². The summed E-state index contributed by atoms with van der Waals surface area (Å²) >= 11 is 3.32. The summed E-state index contributed by atoms with van der Waals surface area (Å²) in [6.45, 7) is 0. The SMILES string of the molecule is COc1cc(OC)cc(C(=O)Nc2ccc(Br)cc2C(=O)N/N=C/c2cccc(F)c2)c1. The minimum Gasteiger partial charge on any atom is -0.497 e. The van der Waals surface area contributed by atoms with Crippen molar-refractivity contribution in [2.45, 2.75) is 0 Å². The zero-order valence-electron chi connectivity index (χ0n) is 17.2. The Hall–Kier alpha value is -3.72. The third-order valence-electron chi connectivity index (χ3n) is 4.32. The maximum atomic E-state index is 13.3. The molecule has 164 valence electrons. The Morgan fingerprint density at radius 2 is 1.69 bits per heavy atom. The van der Waals surface area contributed by atoms with Crippen LogP contribution in [0, 0.1) is 5.82 Å². The highest BCUT2D eigenvalue weighted by molar-refractivity contribution is 9.10. The van der Waals surface area contributed by atoms with E-state index in [1.165, 1.54) is 38.6 Å². The summed E-state index contributed by atoms with van der Waals surface area (Å²) in [5.41, 5.74) is 3.61. The van der Waals surface area contributed by atoms with Gasteiger partial charge in [0.15, 0.2) is 0 Å². The van der Waals surface area contributed by atoms with Gasteiger partial charge >= 0.3 is 0 Å². The Kier molecular flexibility index (Phi) is 7.56. The molecule has 2 amide bonds. The monoisotopic (exact) mass is 499 g/mol. The van der Waals surface area contributed by atoms with Crippen LogP contribution in [0.2, 0.25) is 0 Å². The van der Waals surface area contributed by atoms with Gasteiger partial charge in [0, 0.05) is 16.1 Å². The van der Waals surface area contributed by atoms with Crippen molar-refractivity contribution in [2.75, 3.05) is 19.5 Å². The van der Waals surface area contributed by atoms with Gasteiger partial charge in [-0.15, -0.1) is 0 Å². The molecular weight excluding hydrogens is 481 g/mol. The molecule has 3 aromatic carbocycles. The summed E-state index contributed by atoms with van der Waals surface area (Å²) in [6, 6.07) is 15.4. The van der Waals surface area contributed by atoms with Gasteiger partial charge in [0.1, 0.15) is 17.3 Å². The van der Waals surface area contributed by atoms with Crippen LogP contribution in [0.3, 0.4) is 0 Å². The lowest BCUT2D eigenvalue weighted by molar-refractivity contribution is 0.0956. The van der Waals surface area contributed by atoms with E-state index in [1.807, 2.05) is 0 Å². The van der Waals surface area contributed by atoms with Crippen LogP contribution in [-0.4, -0.2) is 32.2 Å². The molecule has 0 heterocycles. The normalized spacial score (nSPS) is 10.6. The average Bonchev–Trinajstić information content (AvgIpc) is 2.79. The molecule has 3 aromatic rings. The fourth-order valence-corrected chi connectivity index (χ4v) is 3.12. The number of rotatable bonds is 7. The Labute approximate surface area is 192 Å². The Morgan fingerprint density at radius 1 is 0.969 bits per heavy atom. The van der Waals surface area contributed by atoms with Gasteiger partial charge in [-0.3, -0.25) is 9.59 Å². The quantitative estimate of drug-likeness (QED) is 0.366. The molecule has 0 aliphatic heterocycles. The number of carbonyl (C=O) groups excluding carboxylic acids is 2. The number of ether oxygens (including phenoxy) is 2. The summed E-state index contributed by atoms with van der Waals surface area (Å²) in [7, 11) is 2.97. The van der Waals surface area contributed by atoms with E-state index in [9.17, 15) is 14.0 Å². The molecule has 9 heteroatoms. The second-order valence-corrected chi connectivity index (χ2v) is 7.42. The Balaban J connectivity index is 1.80. The predicted octanol–water partition coefficient (Wildman–Crippen LogP) is 4.62. The minimum atomic E-state index is -0.558. The standard InChI is InChI=1S/C23H19BrFN3O4/c1-31-18-9-15(10-19(12-18)32-2)22(29)27-21-7-6-16(24)11-20(21)23(30)28-26-13-14-4-3-5-17(25)8-14/h3-13H,1-2H3,(H,27,29)(H,28,30)/b26-13+. The number of halogens is 2. The van der Waals surface area contributed by atoms with Crippen LogP contribution in [0.4, 0.5) is 10.1 Å². The summed E-state index contributed by atoms with van der Waals surface area (Å²) < 4.78 is 24.3. The molecule has 7 nitrogen and oxygen atoms in total. The van der Waals surface area contributed by atoms with Gasteiger partial charge in [-0.1, -0.05) is 28.1 Å². The molecule has 0 radical (unpaired) electrons. The van der Waals surface area contributed by atoms with Crippen LogP contribution < -0.4 is 20.2 Å². The van der Waals surface area contributed by atoms with Gasteiger partial charge in [0.2, 0.25) is 0 Å². The number of nitrogens with zero attached hydrogens (tertiary/aromatic N) is 1. The first-order valence-electron chi connectivity index (χ1n) is 9.32. The molecule has 0 fully saturated rings. The van der Waals surface area contributed by atoms with E-state index >= 15 is 0 Å². The van der Waals surface area contributed by atoms with Crippen LogP contribution in [0.5, 0.6) is 11.5 Å². The molecule has 32 heavy (non-hydrogen) atoms. The van der Waals surface area contributed by atoms with Crippen molar-refractivity contribution in [2.24, 2.45) is 5.10 Å². The number of hydrogen-bond donors (Lipinski definition) is 2. The van der Waals surface area contributed by atoms with E-state index in [4.69, 9.17) is 9.47 Å². The Morgan fingerprint density at radius 3 is 2.34 bits per heavy atom. The van der Waals surface area contributed by atoms with Crippen LogP contribution >= 0.6 is 15.9 Å². The molecule has 0 saturated carbocycles. The van der Waals surface area contributed by atoms with Gasteiger partial charge in [0.25, 0.3) is 11.8 Å². The lowest BCUT2D eigenvalue weighted by Crippen LogP contribution is -2.21. The molecule has 0 unspecified atom stereocenters. The van der Waals surface area contributed by atoms with Crippen molar-refractivity contribution in [1.29, 1.82) is 0 Å². The number of carbonyl (C=O) groups is 2. The average molecular weight is 500 g/mol. The highest BCUT2D eigenvalue weighted by Crippen LogP contribution is 2.25. The number of anilines is 1. The maximum Gasteiger partial charge on any atom is 0.273 e. The lowest BCUT2D eigenvalue weighted by Gasteiger charge is -2.12. The molecule has 0 spiro atoms. The van der Waals surface area contributed by atoms with Crippen molar-refractivity contribution in [1.82, 2.24) is 5.43 Å². The first kappa shape index (κ1) is 23.0. The summed E-state index contributed by atoms with van der Waals surface area (Å²) in [4.78, 5) is 25.5. The third kappa shape index (κ3) is 5.92. The van der Waals surface area contributed by atoms with Crippen LogP contribution in [0.25, 0.3) is 0 Å². The number of amides is 2. The Bertz CT molecular complexity index is 1160. The molecule has 3 rings (SSSR count). The lowest BCUT2D eigenvalue weighted by atomic mass is 10.1. The van der Waals surface area contributed by atoms with Gasteiger partial charge in [0.05, 0.1) is 31.7 Å². The highest BCUT2D eigenvalue weighted by Gasteiger charge is 2.16. The number of hydrazone groups is 1. The van der Waals surface area contributed by atoms with Crippen molar-refractivity contribution in [3.63, 3.8) is 0 Å². The molecule has 0 saturated heterocycles. The first-order valence-corrected chi connectivity index (χ1v) is 10.1. The number of hydrogen-bond acceptors (Lipinski definition) is 5. The van der Waals surface area contributed by atoms with Crippen LogP contribution in [0.1, 0.15) is 26.3 Å². The number of nitrogens with one attached hydrogen (secondary N) is 2. The van der Waals surface area contributed by atoms with E-state index in [1.54, 1.807) is 42.5 Å². The minimum absolute atomic E-state index is 0.180. The van der Waals surface area contributed by atoms with Crippen LogP contribution in [0.15, 0.2) is 70.2 Å². The zero-order chi connectivity index (χ0) is 23.1. The molecule has 0 atom stereocenters. The van der Waals surface area contributed by atoms with Crippen molar-refractivity contribution in [3.05, 3.63) is 87.6 Å². The molecular formula is C23H19BrFN3O4. The van der Waals surface area contributed by atoms with E-state index in [2.05, 4.69) is 31.8 Å². The molecule has 0 aliphatic rings. The smallest absolute Gasteiger partial charge is 0.273 e. The summed E-state index contributed by atoms with van der Waals surface area (Å²) in [5, 5.41) is 6.58. The maximum absolute atomic E-state index is 13.3. The fourth-order valence-electron chi connectivity index (χ4n) is 2.76. The second kappa shape index (κ2) is 10.5. The molecule has 2 N–H and O–H groups in total. The van der Waals surface area contributed by atoms with Crippen molar-refractivity contribution < 1.29 is 23.5 Å². The first-order chi connectivity index (χ1) is 15.4. The van der Waals surface area contributed by atoms with Gasteiger partial charge in [-0.05, 0) is 48.0 Å². The number of methoxy groups -OCH3 is 2. The highest BCUT2D eigenvalue weighted by atomic mass is 79.9. The van der Waals surface area contributed by atoms with Gasteiger partial charge in [-0.2, -0.15) is 5.10 Å².